The minimum atomic E-state index is -1.35. The summed E-state index contributed by atoms with van der Waals surface area (Å²) in [6.45, 7) is 2.70. The largest absolute Gasteiger partial charge is 0.485 e. The Balaban J connectivity index is 2.75. The number of benzene rings is 1. The van der Waals surface area contributed by atoms with Gasteiger partial charge in [0.25, 0.3) is 5.91 Å². The van der Waals surface area contributed by atoms with Crippen LogP contribution in [0.3, 0.4) is 0 Å². The number of para-hydroxylation sites is 1. The Hall–Kier alpha value is -3.36. The van der Waals surface area contributed by atoms with Gasteiger partial charge in [-0.1, -0.05) is 24.8 Å². The van der Waals surface area contributed by atoms with E-state index < -0.39 is 42.8 Å². The van der Waals surface area contributed by atoms with Crippen LogP contribution in [0.4, 0.5) is 4.79 Å². The number of carbonyl (C=O) groups is 4. The number of ketones is 1. The van der Waals surface area contributed by atoms with Gasteiger partial charge in [0.2, 0.25) is 0 Å². The summed E-state index contributed by atoms with van der Waals surface area (Å²) in [5.41, 5.74) is 5.27. The summed E-state index contributed by atoms with van der Waals surface area (Å²) in [4.78, 5) is 45.8. The van der Waals surface area contributed by atoms with Crippen molar-refractivity contribution in [1.29, 1.82) is 0 Å². The molecule has 134 valence electrons. The molecule has 0 aromatic heterocycles. The molecule has 0 bridgehead atoms. The van der Waals surface area contributed by atoms with Gasteiger partial charge in [-0.05, 0) is 12.1 Å². The molecule has 1 rings (SSSR count). The molecule has 0 aliphatic heterocycles. The molecular weight excluding hydrogens is 332 g/mol. The first kappa shape index (κ1) is 19.7. The molecule has 9 nitrogen and oxygen atoms in total. The molecule has 0 radical (unpaired) electrons. The first-order valence-electron chi connectivity index (χ1n) is 7.15. The lowest BCUT2D eigenvalue weighted by molar-refractivity contribution is -0.139. The van der Waals surface area contributed by atoms with Crippen LogP contribution in [0.15, 0.2) is 36.9 Å². The van der Waals surface area contributed by atoms with E-state index in [0.29, 0.717) is 0 Å². The van der Waals surface area contributed by atoms with Crippen molar-refractivity contribution in [1.82, 2.24) is 5.32 Å². The number of nitrogens with two attached hydrogens (primary N) is 1. The lowest BCUT2D eigenvalue weighted by Gasteiger charge is -2.16. The Morgan fingerprint density at radius 3 is 2.56 bits per heavy atom. The number of alkyl carbamates (subject to hydrolysis) is 1. The van der Waals surface area contributed by atoms with E-state index in [2.05, 4.69) is 16.6 Å². The normalized spacial score (nSPS) is 11.0. The Morgan fingerprint density at radius 2 is 1.96 bits per heavy atom. The number of carboxylic acid groups (broad SMARTS) is 1. The third-order valence-electron chi connectivity index (χ3n) is 2.91. The molecule has 0 fully saturated rings. The number of nitrogens with one attached hydrogen (secondary N) is 1. The number of ether oxygens (including phenoxy) is 2. The van der Waals surface area contributed by atoms with E-state index in [-0.39, 0.29) is 17.9 Å². The van der Waals surface area contributed by atoms with Gasteiger partial charge in [0.1, 0.15) is 25.0 Å². The highest BCUT2D eigenvalue weighted by Crippen LogP contribution is 2.17. The monoisotopic (exact) mass is 350 g/mol. The highest BCUT2D eigenvalue weighted by Gasteiger charge is 2.25. The van der Waals surface area contributed by atoms with Gasteiger partial charge in [0.05, 0.1) is 12.0 Å². The number of aliphatic carboxylic acids is 1. The summed E-state index contributed by atoms with van der Waals surface area (Å²) in [5, 5.41) is 11.0. The second-order valence-electron chi connectivity index (χ2n) is 4.80. The number of hydrogen-bond acceptors (Lipinski definition) is 6. The van der Waals surface area contributed by atoms with Gasteiger partial charge < -0.3 is 25.6 Å². The predicted molar refractivity (Wildman–Crippen MR) is 86.2 cm³/mol. The van der Waals surface area contributed by atoms with Crippen LogP contribution in [0.25, 0.3) is 0 Å². The molecule has 0 heterocycles. The van der Waals surface area contributed by atoms with Gasteiger partial charge in [-0.25, -0.2) is 4.79 Å². The van der Waals surface area contributed by atoms with Crippen LogP contribution in [0.5, 0.6) is 5.75 Å². The zero-order chi connectivity index (χ0) is 18.8. The standard InChI is InChI=1S/C16H18N2O7/c1-2-7-24-16(23)18-11(8-14(20)21)12(19)9-25-13-6-4-3-5-10(13)15(17)22/h2-6,11H,1,7-9H2,(H2,17,22)(H,18,23)(H,20,21). The Kier molecular flexibility index (Phi) is 7.64. The first-order valence-corrected chi connectivity index (χ1v) is 7.15. The van der Waals surface area contributed by atoms with Gasteiger partial charge in [0.15, 0.2) is 5.78 Å². The maximum absolute atomic E-state index is 12.1. The van der Waals surface area contributed by atoms with Crippen LogP contribution in [-0.4, -0.2) is 48.1 Å². The molecule has 0 spiro atoms. The van der Waals surface area contributed by atoms with Crippen LogP contribution in [-0.2, 0) is 14.3 Å². The third-order valence-corrected chi connectivity index (χ3v) is 2.91. The summed E-state index contributed by atoms with van der Waals surface area (Å²) in [6.07, 6.45) is -0.294. The molecule has 0 saturated heterocycles. The summed E-state index contributed by atoms with van der Waals surface area (Å²) in [7, 11) is 0. The van der Waals surface area contributed by atoms with E-state index in [9.17, 15) is 19.2 Å². The number of hydrogen-bond donors (Lipinski definition) is 3. The smallest absolute Gasteiger partial charge is 0.408 e. The maximum atomic E-state index is 12.1. The fraction of sp³-hybridized carbons (Fsp3) is 0.250. The molecule has 0 aliphatic rings. The zero-order valence-electron chi connectivity index (χ0n) is 13.3. The summed E-state index contributed by atoms with van der Waals surface area (Å²) >= 11 is 0. The molecule has 0 aliphatic carbocycles. The highest BCUT2D eigenvalue weighted by atomic mass is 16.5. The quantitative estimate of drug-likeness (QED) is 0.521. The SMILES string of the molecule is C=CCOC(=O)NC(CC(=O)O)C(=O)COc1ccccc1C(N)=O. The van der Waals surface area contributed by atoms with Crippen LogP contribution in [0.2, 0.25) is 0 Å². The molecule has 1 unspecified atom stereocenters. The van der Waals surface area contributed by atoms with Crippen molar-refractivity contribution in [2.75, 3.05) is 13.2 Å². The fourth-order valence-electron chi connectivity index (χ4n) is 1.78. The number of carbonyl (C=O) groups excluding carboxylic acids is 3. The molecule has 1 atom stereocenters. The van der Waals surface area contributed by atoms with Crippen molar-refractivity contribution >= 4 is 23.8 Å². The number of Topliss-reactive ketones (excluding diaryl/α,β-unsaturated/α-hetero) is 1. The van der Waals surface area contributed by atoms with Gasteiger partial charge in [0, 0.05) is 0 Å². The lowest BCUT2D eigenvalue weighted by atomic mass is 10.1. The second-order valence-corrected chi connectivity index (χ2v) is 4.80. The molecule has 0 saturated carbocycles. The molecule has 9 heteroatoms. The Bertz CT molecular complexity index is 672. The van der Waals surface area contributed by atoms with Gasteiger partial charge in [-0.3, -0.25) is 14.4 Å². The minimum Gasteiger partial charge on any atom is -0.485 e. The summed E-state index contributed by atoms with van der Waals surface area (Å²) < 4.78 is 9.89. The first-order chi connectivity index (χ1) is 11.8. The number of primary amides is 1. The highest BCUT2D eigenvalue weighted by molar-refractivity contribution is 5.96. The van der Waals surface area contributed by atoms with Crippen molar-refractivity contribution < 1.29 is 33.8 Å². The van der Waals surface area contributed by atoms with E-state index in [1.54, 1.807) is 12.1 Å². The predicted octanol–water partition coefficient (Wildman–Crippen LogP) is 0.489. The third kappa shape index (κ3) is 6.73. The van der Waals surface area contributed by atoms with Crippen LogP contribution >= 0.6 is 0 Å². The van der Waals surface area contributed by atoms with Gasteiger partial charge in [-0.15, -0.1) is 0 Å². The van der Waals surface area contributed by atoms with E-state index >= 15 is 0 Å². The Morgan fingerprint density at radius 1 is 1.28 bits per heavy atom. The average molecular weight is 350 g/mol. The van der Waals surface area contributed by atoms with E-state index in [1.807, 2.05) is 0 Å². The molecule has 25 heavy (non-hydrogen) atoms. The zero-order valence-corrected chi connectivity index (χ0v) is 13.3. The maximum Gasteiger partial charge on any atom is 0.408 e. The average Bonchev–Trinajstić information content (AvgIpc) is 2.57. The summed E-state index contributed by atoms with van der Waals surface area (Å²) in [6, 6.07) is 4.65. The van der Waals surface area contributed by atoms with Crippen molar-refractivity contribution in [3.05, 3.63) is 42.5 Å². The van der Waals surface area contributed by atoms with E-state index in [0.717, 1.165) is 0 Å². The van der Waals surface area contributed by atoms with Crippen molar-refractivity contribution in [3.63, 3.8) is 0 Å². The number of carboxylic acids is 1. The van der Waals surface area contributed by atoms with Crippen molar-refractivity contribution in [2.45, 2.75) is 12.5 Å². The molecule has 2 amide bonds. The Labute approximate surface area is 143 Å². The molecule has 1 aromatic carbocycles. The lowest BCUT2D eigenvalue weighted by Crippen LogP contribution is -2.44. The van der Waals surface area contributed by atoms with Gasteiger partial charge >= 0.3 is 12.1 Å². The topological polar surface area (TPSA) is 145 Å². The molecule has 1 aromatic rings. The minimum absolute atomic E-state index is 0.0726. The van der Waals surface area contributed by atoms with E-state index in [1.165, 1.54) is 18.2 Å². The molecular formula is C16H18N2O7. The number of rotatable bonds is 10. The number of amides is 2. The second kappa shape index (κ2) is 9.71. The van der Waals surface area contributed by atoms with Crippen molar-refractivity contribution in [3.8, 4) is 5.75 Å². The fourth-order valence-corrected chi connectivity index (χ4v) is 1.78. The van der Waals surface area contributed by atoms with Crippen LogP contribution in [0.1, 0.15) is 16.8 Å². The van der Waals surface area contributed by atoms with Crippen LogP contribution < -0.4 is 15.8 Å². The summed E-state index contributed by atoms with van der Waals surface area (Å²) in [5.74, 6) is -2.67. The van der Waals surface area contributed by atoms with Crippen LogP contribution in [0, 0.1) is 0 Å². The molecule has 4 N–H and O–H groups in total. The van der Waals surface area contributed by atoms with Crippen molar-refractivity contribution in [2.24, 2.45) is 5.73 Å². The van der Waals surface area contributed by atoms with Gasteiger partial charge in [-0.2, -0.15) is 0 Å². The van der Waals surface area contributed by atoms with E-state index in [4.69, 9.17) is 15.6 Å².